The van der Waals surface area contributed by atoms with Crippen molar-refractivity contribution in [2.24, 2.45) is 0 Å². The van der Waals surface area contributed by atoms with Gasteiger partial charge >= 0.3 is 0 Å². The highest BCUT2D eigenvalue weighted by Gasteiger charge is 2.18. The zero-order chi connectivity index (χ0) is 14.5. The van der Waals surface area contributed by atoms with Crippen LogP contribution < -0.4 is 0 Å². The first-order valence-corrected chi connectivity index (χ1v) is 6.86. The summed E-state index contributed by atoms with van der Waals surface area (Å²) in [5.74, 6) is 0. The SMILES string of the molecule is C=CCc1ccc2ccccc2c1S(=O)(=O)O.C=O. The molecule has 2 aromatic rings. The highest BCUT2D eigenvalue weighted by Crippen LogP contribution is 2.27. The molecule has 100 valence electrons. The van der Waals surface area contributed by atoms with Crippen LogP contribution in [0, 0.1) is 0 Å². The third kappa shape index (κ3) is 3.27. The molecule has 5 heteroatoms. The summed E-state index contributed by atoms with van der Waals surface area (Å²) in [5, 5.41) is 1.32. The van der Waals surface area contributed by atoms with Crippen LogP contribution in [0.2, 0.25) is 0 Å². The highest BCUT2D eigenvalue weighted by atomic mass is 32.2. The van der Waals surface area contributed by atoms with Gasteiger partial charge in [-0.3, -0.25) is 4.55 Å². The molecule has 0 aromatic heterocycles. The number of rotatable bonds is 3. The predicted molar refractivity (Wildman–Crippen MR) is 74.8 cm³/mol. The standard InChI is InChI=1S/C13H12O3S.CH2O/c1-2-5-11-9-8-10-6-3-4-7-12(10)13(11)17(14,15)16;1-2/h2-4,6-9H,1,5H2,(H,14,15,16);1H2. The van der Waals surface area contributed by atoms with Crippen LogP contribution in [-0.4, -0.2) is 19.8 Å². The van der Waals surface area contributed by atoms with Gasteiger partial charge in [-0.2, -0.15) is 8.42 Å². The second-order valence-electron chi connectivity index (χ2n) is 3.74. The topological polar surface area (TPSA) is 71.4 Å². The molecule has 0 radical (unpaired) electrons. The maximum atomic E-state index is 11.5. The van der Waals surface area contributed by atoms with Gasteiger partial charge in [0.15, 0.2) is 0 Å². The van der Waals surface area contributed by atoms with Crippen LogP contribution in [0.3, 0.4) is 0 Å². The Morgan fingerprint density at radius 1 is 1.11 bits per heavy atom. The number of fused-ring (bicyclic) bond motifs is 1. The Kier molecular flexibility index (Phi) is 4.97. The molecular weight excluding hydrogens is 264 g/mol. The first kappa shape index (κ1) is 15.1. The van der Waals surface area contributed by atoms with Crippen LogP contribution in [0.15, 0.2) is 53.9 Å². The minimum Gasteiger partial charge on any atom is -0.307 e. The lowest BCUT2D eigenvalue weighted by Crippen LogP contribution is -2.03. The molecule has 1 N–H and O–H groups in total. The Hall–Kier alpha value is -1.98. The van der Waals surface area contributed by atoms with Gasteiger partial charge in [-0.1, -0.05) is 42.5 Å². The summed E-state index contributed by atoms with van der Waals surface area (Å²) in [6.07, 6.45) is 2.01. The van der Waals surface area contributed by atoms with Crippen molar-refractivity contribution in [2.45, 2.75) is 11.3 Å². The molecule has 0 unspecified atom stereocenters. The molecule has 0 fully saturated rings. The van der Waals surface area contributed by atoms with Gasteiger partial charge in [-0.25, -0.2) is 0 Å². The molecule has 2 rings (SSSR count). The van der Waals surface area contributed by atoms with Crippen molar-refractivity contribution in [3.05, 3.63) is 54.6 Å². The van der Waals surface area contributed by atoms with E-state index in [0.29, 0.717) is 17.4 Å². The van der Waals surface area contributed by atoms with Crippen LogP contribution in [0.25, 0.3) is 10.8 Å². The van der Waals surface area contributed by atoms with Crippen LogP contribution in [0.5, 0.6) is 0 Å². The third-order valence-electron chi connectivity index (χ3n) is 2.58. The van der Waals surface area contributed by atoms with Gasteiger partial charge in [0.1, 0.15) is 11.7 Å². The van der Waals surface area contributed by atoms with Crippen molar-refractivity contribution in [2.75, 3.05) is 0 Å². The second kappa shape index (κ2) is 6.26. The maximum Gasteiger partial charge on any atom is 0.295 e. The number of hydrogen-bond acceptors (Lipinski definition) is 3. The van der Waals surface area contributed by atoms with Crippen molar-refractivity contribution >= 4 is 27.7 Å². The van der Waals surface area contributed by atoms with Gasteiger partial charge in [0.05, 0.1) is 0 Å². The zero-order valence-electron chi connectivity index (χ0n) is 10.2. The number of carbonyl (C=O) groups is 1. The molecule has 0 aliphatic rings. The van der Waals surface area contributed by atoms with Crippen molar-refractivity contribution in [1.29, 1.82) is 0 Å². The largest absolute Gasteiger partial charge is 0.307 e. The zero-order valence-corrected chi connectivity index (χ0v) is 11.1. The number of benzene rings is 2. The quantitative estimate of drug-likeness (QED) is 0.692. The van der Waals surface area contributed by atoms with Crippen LogP contribution in [-0.2, 0) is 21.3 Å². The monoisotopic (exact) mass is 278 g/mol. The van der Waals surface area contributed by atoms with Gasteiger partial charge < -0.3 is 4.79 Å². The van der Waals surface area contributed by atoms with E-state index in [0.717, 1.165) is 5.39 Å². The summed E-state index contributed by atoms with van der Waals surface area (Å²) >= 11 is 0. The molecule has 4 nitrogen and oxygen atoms in total. The van der Waals surface area contributed by atoms with Gasteiger partial charge in [-0.15, -0.1) is 6.58 Å². The van der Waals surface area contributed by atoms with E-state index in [9.17, 15) is 13.0 Å². The van der Waals surface area contributed by atoms with Crippen molar-refractivity contribution < 1.29 is 17.8 Å². The van der Waals surface area contributed by atoms with Gasteiger partial charge in [0.2, 0.25) is 0 Å². The molecule has 0 saturated heterocycles. The third-order valence-corrected chi connectivity index (χ3v) is 3.58. The Labute approximate surface area is 112 Å². The minimum atomic E-state index is -4.23. The van der Waals surface area contributed by atoms with Crippen LogP contribution >= 0.6 is 0 Å². The Morgan fingerprint density at radius 3 is 2.32 bits per heavy atom. The normalized spacial score (nSPS) is 10.6. The predicted octanol–water partition coefficient (Wildman–Crippen LogP) is 2.63. The van der Waals surface area contributed by atoms with Crippen LogP contribution in [0.1, 0.15) is 5.56 Å². The number of carbonyl (C=O) groups excluding carboxylic acids is 1. The molecule has 0 bridgehead atoms. The van der Waals surface area contributed by atoms with Crippen LogP contribution in [0.4, 0.5) is 0 Å². The molecule has 0 aliphatic carbocycles. The average molecular weight is 278 g/mol. The van der Waals surface area contributed by atoms with Crippen molar-refractivity contribution in [3.63, 3.8) is 0 Å². The van der Waals surface area contributed by atoms with E-state index in [2.05, 4.69) is 6.58 Å². The molecular formula is C14H14O4S. The fourth-order valence-corrected chi connectivity index (χ4v) is 2.86. The minimum absolute atomic E-state index is 0.0181. The van der Waals surface area contributed by atoms with Gasteiger partial charge in [0, 0.05) is 5.39 Å². The van der Waals surface area contributed by atoms with E-state index in [1.807, 2.05) is 25.0 Å². The van der Waals surface area contributed by atoms with E-state index in [1.165, 1.54) is 0 Å². The lowest BCUT2D eigenvalue weighted by atomic mass is 10.0. The smallest absolute Gasteiger partial charge is 0.295 e. The second-order valence-corrected chi connectivity index (χ2v) is 5.10. The van der Waals surface area contributed by atoms with E-state index < -0.39 is 10.1 Å². The molecule has 19 heavy (non-hydrogen) atoms. The number of allylic oxidation sites excluding steroid dienone is 1. The molecule has 0 amide bonds. The summed E-state index contributed by atoms with van der Waals surface area (Å²) in [4.78, 5) is 7.98. The fraction of sp³-hybridized carbons (Fsp3) is 0.0714. The molecule has 0 heterocycles. The molecule has 0 atom stereocenters. The molecule has 0 spiro atoms. The average Bonchev–Trinajstić information content (AvgIpc) is 2.39. The lowest BCUT2D eigenvalue weighted by molar-refractivity contribution is -0.0979. The Morgan fingerprint density at radius 2 is 1.74 bits per heavy atom. The van der Waals surface area contributed by atoms with Crippen molar-refractivity contribution in [1.82, 2.24) is 0 Å². The first-order chi connectivity index (χ1) is 9.04. The summed E-state index contributed by atoms with van der Waals surface area (Å²) in [5.41, 5.74) is 0.557. The number of hydrogen-bond donors (Lipinski definition) is 1. The molecule has 2 aromatic carbocycles. The van der Waals surface area contributed by atoms with E-state index in [-0.39, 0.29) is 4.90 Å². The summed E-state index contributed by atoms with van der Waals surface area (Å²) in [6.45, 7) is 5.58. The Balaban J connectivity index is 0.000000861. The summed E-state index contributed by atoms with van der Waals surface area (Å²) in [6, 6.07) is 10.6. The maximum absolute atomic E-state index is 11.5. The van der Waals surface area contributed by atoms with Crippen molar-refractivity contribution in [3.8, 4) is 0 Å². The fourth-order valence-electron chi connectivity index (χ4n) is 1.91. The van der Waals surface area contributed by atoms with Gasteiger partial charge in [-0.05, 0) is 17.4 Å². The summed E-state index contributed by atoms with van der Waals surface area (Å²) < 4.78 is 32.3. The van der Waals surface area contributed by atoms with E-state index >= 15 is 0 Å². The molecule has 0 saturated carbocycles. The van der Waals surface area contributed by atoms with Gasteiger partial charge in [0.25, 0.3) is 10.1 Å². The first-order valence-electron chi connectivity index (χ1n) is 5.42. The lowest BCUT2D eigenvalue weighted by Gasteiger charge is -2.09. The van der Waals surface area contributed by atoms with E-state index in [4.69, 9.17) is 4.79 Å². The Bertz CT molecular complexity index is 690. The molecule has 0 aliphatic heterocycles. The summed E-state index contributed by atoms with van der Waals surface area (Å²) in [7, 11) is -4.23. The van der Waals surface area contributed by atoms with E-state index in [1.54, 1.807) is 24.3 Å². The highest BCUT2D eigenvalue weighted by molar-refractivity contribution is 7.86.